The van der Waals surface area contributed by atoms with Crippen molar-refractivity contribution in [3.63, 3.8) is 0 Å². The average molecular weight is 355 g/mol. The van der Waals surface area contributed by atoms with Crippen LogP contribution in [0.5, 0.6) is 0 Å². The van der Waals surface area contributed by atoms with E-state index in [0.29, 0.717) is 12.5 Å². The summed E-state index contributed by atoms with van der Waals surface area (Å²) in [6, 6.07) is 3.78. The standard InChI is InChI=1S/C19H25N5O2/c25-19(22-9-15-3-6-26-7-4-15)18-13-23(11-16-2-1-5-20-8-16)12-17-10-21-14-24(17)18/h1-2,5,8,10,14-15,18H,3-4,6-7,9,11-13H2,(H,22,25). The fraction of sp³-hybridized carbons (Fsp3) is 0.526. The number of imidazole rings is 1. The smallest absolute Gasteiger partial charge is 0.244 e. The Kier molecular flexibility index (Phi) is 5.26. The number of pyridine rings is 1. The number of hydrogen-bond donors (Lipinski definition) is 1. The van der Waals surface area contributed by atoms with Crippen LogP contribution in [-0.2, 0) is 22.6 Å². The Bertz CT molecular complexity index is 727. The zero-order valence-electron chi connectivity index (χ0n) is 14.9. The molecule has 4 heterocycles. The van der Waals surface area contributed by atoms with E-state index in [1.165, 1.54) is 0 Å². The SMILES string of the molecule is O=C(NCC1CCOCC1)C1CN(Cc2cccnc2)Cc2cncn21. The molecule has 1 fully saturated rings. The molecule has 0 spiro atoms. The van der Waals surface area contributed by atoms with Gasteiger partial charge in [0.15, 0.2) is 0 Å². The predicted octanol–water partition coefficient (Wildman–Crippen LogP) is 1.38. The van der Waals surface area contributed by atoms with Crippen molar-refractivity contribution in [3.8, 4) is 0 Å². The summed E-state index contributed by atoms with van der Waals surface area (Å²) in [6.07, 6.45) is 9.33. The molecule has 2 aromatic heterocycles. The van der Waals surface area contributed by atoms with Gasteiger partial charge in [-0.2, -0.15) is 0 Å². The van der Waals surface area contributed by atoms with Crippen LogP contribution in [0.1, 0.15) is 30.1 Å². The quantitative estimate of drug-likeness (QED) is 0.877. The molecule has 1 atom stereocenters. The molecule has 2 aliphatic rings. The highest BCUT2D eigenvalue weighted by Gasteiger charge is 2.30. The molecule has 0 radical (unpaired) electrons. The highest BCUT2D eigenvalue weighted by Crippen LogP contribution is 2.23. The van der Waals surface area contributed by atoms with E-state index in [0.717, 1.165) is 56.9 Å². The second-order valence-electron chi connectivity index (χ2n) is 7.14. The van der Waals surface area contributed by atoms with Crippen LogP contribution in [0.15, 0.2) is 37.1 Å². The van der Waals surface area contributed by atoms with Gasteiger partial charge >= 0.3 is 0 Å². The van der Waals surface area contributed by atoms with Crippen molar-refractivity contribution in [3.05, 3.63) is 48.3 Å². The van der Waals surface area contributed by atoms with Gasteiger partial charge in [0.25, 0.3) is 0 Å². The zero-order chi connectivity index (χ0) is 17.8. The summed E-state index contributed by atoms with van der Waals surface area (Å²) in [6.45, 7) is 4.58. The lowest BCUT2D eigenvalue weighted by molar-refractivity contribution is -0.126. The monoisotopic (exact) mass is 355 g/mol. The number of aromatic nitrogens is 3. The largest absolute Gasteiger partial charge is 0.381 e. The average Bonchev–Trinajstić information content (AvgIpc) is 3.15. The molecule has 1 saturated heterocycles. The molecular formula is C19H25N5O2. The van der Waals surface area contributed by atoms with Crippen molar-refractivity contribution >= 4 is 5.91 Å². The summed E-state index contributed by atoms with van der Waals surface area (Å²) in [5.74, 6) is 0.594. The maximum Gasteiger partial charge on any atom is 0.244 e. The zero-order valence-corrected chi connectivity index (χ0v) is 14.9. The minimum Gasteiger partial charge on any atom is -0.381 e. The molecule has 7 heteroatoms. The van der Waals surface area contributed by atoms with E-state index in [-0.39, 0.29) is 11.9 Å². The Hall–Kier alpha value is -2.25. The highest BCUT2D eigenvalue weighted by atomic mass is 16.5. The Labute approximate surface area is 153 Å². The number of rotatable bonds is 5. The first-order chi connectivity index (χ1) is 12.8. The van der Waals surface area contributed by atoms with Crippen molar-refractivity contribution in [2.75, 3.05) is 26.3 Å². The van der Waals surface area contributed by atoms with Gasteiger partial charge in [-0.15, -0.1) is 0 Å². The first kappa shape index (κ1) is 17.2. The van der Waals surface area contributed by atoms with Crippen LogP contribution in [0.4, 0.5) is 0 Å². The molecule has 2 aromatic rings. The Morgan fingerprint density at radius 2 is 2.15 bits per heavy atom. The van der Waals surface area contributed by atoms with Gasteiger partial charge in [-0.25, -0.2) is 4.98 Å². The molecule has 0 saturated carbocycles. The fourth-order valence-corrected chi connectivity index (χ4v) is 3.75. The van der Waals surface area contributed by atoms with E-state index in [1.807, 2.05) is 23.0 Å². The van der Waals surface area contributed by atoms with Gasteiger partial charge in [-0.3, -0.25) is 14.7 Å². The van der Waals surface area contributed by atoms with Gasteiger partial charge in [-0.05, 0) is 30.4 Å². The Morgan fingerprint density at radius 3 is 2.96 bits per heavy atom. The molecule has 1 N–H and O–H groups in total. The van der Waals surface area contributed by atoms with E-state index < -0.39 is 0 Å². The molecule has 1 unspecified atom stereocenters. The number of fused-ring (bicyclic) bond motifs is 1. The van der Waals surface area contributed by atoms with E-state index >= 15 is 0 Å². The molecule has 0 bridgehead atoms. The third-order valence-electron chi connectivity index (χ3n) is 5.24. The van der Waals surface area contributed by atoms with Gasteiger partial charge in [-0.1, -0.05) is 6.07 Å². The van der Waals surface area contributed by atoms with Crippen LogP contribution in [0.2, 0.25) is 0 Å². The summed E-state index contributed by atoms with van der Waals surface area (Å²) < 4.78 is 7.41. The molecule has 0 aromatic carbocycles. The summed E-state index contributed by atoms with van der Waals surface area (Å²) in [7, 11) is 0. The van der Waals surface area contributed by atoms with Crippen LogP contribution in [0, 0.1) is 5.92 Å². The number of ether oxygens (including phenoxy) is 1. The minimum atomic E-state index is -0.238. The number of carbonyl (C=O) groups is 1. The van der Waals surface area contributed by atoms with Gasteiger partial charge in [0.05, 0.1) is 12.0 Å². The van der Waals surface area contributed by atoms with Gasteiger partial charge in [0.2, 0.25) is 5.91 Å². The van der Waals surface area contributed by atoms with Crippen LogP contribution in [-0.4, -0.2) is 51.6 Å². The molecule has 2 aliphatic heterocycles. The maximum absolute atomic E-state index is 12.9. The van der Waals surface area contributed by atoms with Crippen molar-refractivity contribution in [1.29, 1.82) is 0 Å². The summed E-state index contributed by atoms with van der Waals surface area (Å²) in [5, 5.41) is 3.16. The third-order valence-corrected chi connectivity index (χ3v) is 5.24. The third kappa shape index (κ3) is 3.94. The van der Waals surface area contributed by atoms with Gasteiger partial charge in [0, 0.05) is 58.0 Å². The second kappa shape index (κ2) is 7.97. The van der Waals surface area contributed by atoms with Crippen LogP contribution < -0.4 is 5.32 Å². The van der Waals surface area contributed by atoms with Crippen molar-refractivity contribution in [2.24, 2.45) is 5.92 Å². The summed E-state index contributed by atoms with van der Waals surface area (Å²) >= 11 is 0. The second-order valence-corrected chi connectivity index (χ2v) is 7.14. The van der Waals surface area contributed by atoms with E-state index in [2.05, 4.69) is 26.3 Å². The Balaban J connectivity index is 1.41. The first-order valence-corrected chi connectivity index (χ1v) is 9.27. The number of carbonyl (C=O) groups excluding carboxylic acids is 1. The van der Waals surface area contributed by atoms with Crippen LogP contribution in [0.3, 0.4) is 0 Å². The van der Waals surface area contributed by atoms with Crippen molar-refractivity contribution in [1.82, 2.24) is 24.8 Å². The molecular weight excluding hydrogens is 330 g/mol. The number of nitrogens with zero attached hydrogens (tertiary/aromatic N) is 4. The highest BCUT2D eigenvalue weighted by molar-refractivity contribution is 5.80. The van der Waals surface area contributed by atoms with Crippen molar-refractivity contribution < 1.29 is 9.53 Å². The van der Waals surface area contributed by atoms with E-state index in [4.69, 9.17) is 4.74 Å². The van der Waals surface area contributed by atoms with Crippen LogP contribution in [0.25, 0.3) is 0 Å². The lowest BCUT2D eigenvalue weighted by atomic mass is 10.0. The van der Waals surface area contributed by atoms with Gasteiger partial charge < -0.3 is 14.6 Å². The topological polar surface area (TPSA) is 72.3 Å². The number of hydrogen-bond acceptors (Lipinski definition) is 5. The summed E-state index contributed by atoms with van der Waals surface area (Å²) in [4.78, 5) is 23.6. The molecule has 7 nitrogen and oxygen atoms in total. The Morgan fingerprint density at radius 1 is 1.27 bits per heavy atom. The molecule has 138 valence electrons. The lowest BCUT2D eigenvalue weighted by Gasteiger charge is -2.34. The number of amides is 1. The maximum atomic E-state index is 12.9. The molecule has 4 rings (SSSR count). The van der Waals surface area contributed by atoms with E-state index in [9.17, 15) is 4.79 Å². The fourth-order valence-electron chi connectivity index (χ4n) is 3.75. The molecule has 0 aliphatic carbocycles. The predicted molar refractivity (Wildman–Crippen MR) is 96.2 cm³/mol. The lowest BCUT2D eigenvalue weighted by Crippen LogP contribution is -2.45. The minimum absolute atomic E-state index is 0.0756. The number of nitrogens with one attached hydrogen (secondary N) is 1. The first-order valence-electron chi connectivity index (χ1n) is 9.27. The van der Waals surface area contributed by atoms with E-state index in [1.54, 1.807) is 12.5 Å². The summed E-state index contributed by atoms with van der Waals surface area (Å²) in [5.41, 5.74) is 2.23. The van der Waals surface area contributed by atoms with Gasteiger partial charge in [0.1, 0.15) is 6.04 Å². The molecule has 1 amide bonds. The van der Waals surface area contributed by atoms with Crippen LogP contribution >= 0.6 is 0 Å². The molecule has 26 heavy (non-hydrogen) atoms. The normalized spacial score (nSPS) is 21.3. The van der Waals surface area contributed by atoms with Crippen molar-refractivity contribution in [2.45, 2.75) is 32.0 Å².